The maximum absolute atomic E-state index is 5.03. The van der Waals surface area contributed by atoms with Crippen LogP contribution in [-0.2, 0) is 12.0 Å². The summed E-state index contributed by atoms with van der Waals surface area (Å²) in [4.78, 5) is 17.8. The van der Waals surface area contributed by atoms with Crippen LogP contribution in [0.5, 0.6) is 0 Å². The maximum atomic E-state index is 5.03. The van der Waals surface area contributed by atoms with E-state index in [4.69, 9.17) is 4.52 Å². The van der Waals surface area contributed by atoms with Crippen LogP contribution in [0.2, 0.25) is 0 Å². The highest BCUT2D eigenvalue weighted by Gasteiger charge is 2.22. The third kappa shape index (κ3) is 3.85. The first kappa shape index (κ1) is 15.9. The van der Waals surface area contributed by atoms with Gasteiger partial charge in [0.25, 0.3) is 0 Å². The molecule has 0 atom stereocenters. The molecule has 0 saturated carbocycles. The highest BCUT2D eigenvalue weighted by atomic mass is 16.5. The van der Waals surface area contributed by atoms with E-state index in [1.165, 1.54) is 0 Å². The van der Waals surface area contributed by atoms with E-state index in [1.807, 2.05) is 6.92 Å². The van der Waals surface area contributed by atoms with E-state index in [2.05, 4.69) is 56.7 Å². The largest absolute Gasteiger partial charge is 0.354 e. The second kappa shape index (κ2) is 6.23. The minimum absolute atomic E-state index is 0.0377. The van der Waals surface area contributed by atoms with Crippen LogP contribution in [0, 0.1) is 6.92 Å². The minimum Gasteiger partial charge on any atom is -0.354 e. The molecule has 1 aliphatic heterocycles. The number of hydrogen-bond acceptors (Lipinski definition) is 7. The molecule has 0 spiro atoms. The molecule has 3 rings (SSSR count). The van der Waals surface area contributed by atoms with Crippen molar-refractivity contribution in [3.63, 3.8) is 0 Å². The van der Waals surface area contributed by atoms with Gasteiger partial charge in [0.2, 0.25) is 5.89 Å². The third-order valence-corrected chi connectivity index (χ3v) is 4.05. The Hall–Kier alpha value is -2.02. The van der Waals surface area contributed by atoms with Gasteiger partial charge in [-0.2, -0.15) is 4.98 Å². The molecule has 124 valence electrons. The van der Waals surface area contributed by atoms with Crippen molar-refractivity contribution >= 4 is 5.82 Å². The molecule has 1 aliphatic rings. The number of rotatable bonds is 3. The standard InChI is InChI=1S/C16H24N6O/c1-12-19-14(20-23-12)10-21-5-7-22(8-6-21)15-9-13(16(2,3)4)17-11-18-15/h9,11H,5-8,10H2,1-4H3. The average molecular weight is 316 g/mol. The van der Waals surface area contributed by atoms with Gasteiger partial charge in [-0.25, -0.2) is 9.97 Å². The molecule has 0 N–H and O–H groups in total. The molecule has 1 fully saturated rings. The van der Waals surface area contributed by atoms with Gasteiger partial charge in [0.1, 0.15) is 12.1 Å². The van der Waals surface area contributed by atoms with E-state index in [-0.39, 0.29) is 5.41 Å². The summed E-state index contributed by atoms with van der Waals surface area (Å²) in [6, 6.07) is 2.11. The van der Waals surface area contributed by atoms with Gasteiger partial charge in [0.05, 0.1) is 12.2 Å². The monoisotopic (exact) mass is 316 g/mol. The summed E-state index contributed by atoms with van der Waals surface area (Å²) in [7, 11) is 0. The smallest absolute Gasteiger partial charge is 0.223 e. The molecule has 23 heavy (non-hydrogen) atoms. The Kier molecular flexibility index (Phi) is 4.30. The normalized spacial score (nSPS) is 16.8. The molecule has 7 heteroatoms. The van der Waals surface area contributed by atoms with E-state index in [9.17, 15) is 0 Å². The van der Waals surface area contributed by atoms with Crippen LogP contribution in [-0.4, -0.2) is 51.2 Å². The van der Waals surface area contributed by atoms with Crippen molar-refractivity contribution in [2.45, 2.75) is 39.7 Å². The molecule has 0 aliphatic carbocycles. The van der Waals surface area contributed by atoms with Crippen LogP contribution in [0.1, 0.15) is 38.2 Å². The summed E-state index contributed by atoms with van der Waals surface area (Å²) in [5.41, 5.74) is 1.11. The maximum Gasteiger partial charge on any atom is 0.223 e. The zero-order valence-electron chi connectivity index (χ0n) is 14.3. The summed E-state index contributed by atoms with van der Waals surface area (Å²) in [5.74, 6) is 2.39. The highest BCUT2D eigenvalue weighted by Crippen LogP contribution is 2.23. The Morgan fingerprint density at radius 1 is 1.13 bits per heavy atom. The third-order valence-electron chi connectivity index (χ3n) is 4.05. The van der Waals surface area contributed by atoms with Crippen LogP contribution in [0.25, 0.3) is 0 Å². The Morgan fingerprint density at radius 2 is 1.87 bits per heavy atom. The van der Waals surface area contributed by atoms with Crippen molar-refractivity contribution in [3.8, 4) is 0 Å². The van der Waals surface area contributed by atoms with Crippen molar-refractivity contribution in [2.24, 2.45) is 0 Å². The fourth-order valence-electron chi connectivity index (χ4n) is 2.67. The van der Waals surface area contributed by atoms with Crippen LogP contribution in [0.3, 0.4) is 0 Å². The van der Waals surface area contributed by atoms with Gasteiger partial charge < -0.3 is 9.42 Å². The first-order valence-corrected chi connectivity index (χ1v) is 8.01. The molecule has 0 bridgehead atoms. The number of piperazine rings is 1. The van der Waals surface area contributed by atoms with Crippen molar-refractivity contribution in [3.05, 3.63) is 29.8 Å². The number of nitrogens with zero attached hydrogens (tertiary/aromatic N) is 6. The highest BCUT2D eigenvalue weighted by molar-refractivity contribution is 5.40. The number of anilines is 1. The predicted molar refractivity (Wildman–Crippen MR) is 87.3 cm³/mol. The molecule has 2 aromatic heterocycles. The molecule has 0 unspecified atom stereocenters. The van der Waals surface area contributed by atoms with Crippen molar-refractivity contribution in [1.29, 1.82) is 0 Å². The molecule has 7 nitrogen and oxygen atoms in total. The molecular formula is C16H24N6O. The Morgan fingerprint density at radius 3 is 2.48 bits per heavy atom. The lowest BCUT2D eigenvalue weighted by Gasteiger charge is -2.35. The quantitative estimate of drug-likeness (QED) is 0.855. The number of aryl methyl sites for hydroxylation is 1. The Labute approximate surface area is 136 Å². The molecule has 1 saturated heterocycles. The van der Waals surface area contributed by atoms with Crippen LogP contribution in [0.15, 0.2) is 16.9 Å². The summed E-state index contributed by atoms with van der Waals surface area (Å²) < 4.78 is 5.03. The van der Waals surface area contributed by atoms with Gasteiger partial charge >= 0.3 is 0 Å². The van der Waals surface area contributed by atoms with Gasteiger partial charge in [-0.05, 0) is 0 Å². The fraction of sp³-hybridized carbons (Fsp3) is 0.625. The van der Waals surface area contributed by atoms with E-state index >= 15 is 0 Å². The summed E-state index contributed by atoms with van der Waals surface area (Å²) >= 11 is 0. The van der Waals surface area contributed by atoms with Gasteiger partial charge in [-0.3, -0.25) is 4.90 Å². The molecule has 3 heterocycles. The van der Waals surface area contributed by atoms with Crippen molar-refractivity contribution < 1.29 is 4.52 Å². The lowest BCUT2D eigenvalue weighted by atomic mass is 9.92. The Bertz CT molecular complexity index is 655. The molecule has 0 radical (unpaired) electrons. The molecule has 0 aromatic carbocycles. The fourth-order valence-corrected chi connectivity index (χ4v) is 2.67. The second-order valence-electron chi connectivity index (χ2n) is 7.00. The average Bonchev–Trinajstić information content (AvgIpc) is 2.92. The molecule has 0 amide bonds. The molecule has 2 aromatic rings. The zero-order valence-corrected chi connectivity index (χ0v) is 14.3. The van der Waals surface area contributed by atoms with E-state index in [1.54, 1.807) is 6.33 Å². The van der Waals surface area contributed by atoms with E-state index in [0.717, 1.165) is 50.1 Å². The van der Waals surface area contributed by atoms with E-state index < -0.39 is 0 Å². The van der Waals surface area contributed by atoms with Crippen LogP contribution < -0.4 is 4.90 Å². The lowest BCUT2D eigenvalue weighted by Crippen LogP contribution is -2.46. The number of aromatic nitrogens is 4. The van der Waals surface area contributed by atoms with Gasteiger partial charge in [-0.15, -0.1) is 0 Å². The lowest BCUT2D eigenvalue weighted by molar-refractivity contribution is 0.239. The summed E-state index contributed by atoms with van der Waals surface area (Å²) in [6.45, 7) is 12.9. The Balaban J connectivity index is 1.60. The predicted octanol–water partition coefficient (Wildman–Crippen LogP) is 1.79. The topological polar surface area (TPSA) is 71.2 Å². The van der Waals surface area contributed by atoms with Crippen molar-refractivity contribution in [2.75, 3.05) is 31.1 Å². The van der Waals surface area contributed by atoms with Crippen LogP contribution >= 0.6 is 0 Å². The van der Waals surface area contributed by atoms with Crippen molar-refractivity contribution in [1.82, 2.24) is 25.0 Å². The first-order valence-electron chi connectivity index (χ1n) is 8.01. The second-order valence-corrected chi connectivity index (χ2v) is 7.00. The summed E-state index contributed by atoms with van der Waals surface area (Å²) in [5, 5.41) is 3.96. The number of hydrogen-bond donors (Lipinski definition) is 0. The zero-order chi connectivity index (χ0) is 16.4. The van der Waals surface area contributed by atoms with Crippen LogP contribution in [0.4, 0.5) is 5.82 Å². The van der Waals surface area contributed by atoms with E-state index in [0.29, 0.717) is 5.89 Å². The van der Waals surface area contributed by atoms with Gasteiger partial charge in [0, 0.05) is 44.6 Å². The minimum atomic E-state index is 0.0377. The first-order chi connectivity index (χ1) is 10.9. The van der Waals surface area contributed by atoms with Gasteiger partial charge in [0.15, 0.2) is 5.82 Å². The SMILES string of the molecule is Cc1nc(CN2CCN(c3cc(C(C)(C)C)ncn3)CC2)no1. The summed E-state index contributed by atoms with van der Waals surface area (Å²) in [6.07, 6.45) is 1.67. The molecular weight excluding hydrogens is 292 g/mol. The van der Waals surface area contributed by atoms with Gasteiger partial charge in [-0.1, -0.05) is 25.9 Å².